The van der Waals surface area contributed by atoms with Crippen molar-refractivity contribution < 1.29 is 0 Å². The molecule has 2 heterocycles. The van der Waals surface area contributed by atoms with E-state index in [1.54, 1.807) is 0 Å². The van der Waals surface area contributed by atoms with E-state index in [1.807, 2.05) is 18.5 Å². The smallest absolute Gasteiger partial charge is 0.139 e. The van der Waals surface area contributed by atoms with Gasteiger partial charge in [-0.2, -0.15) is 0 Å². The monoisotopic (exact) mass is 237 g/mol. The Labute approximate surface area is 106 Å². The van der Waals surface area contributed by atoms with Gasteiger partial charge >= 0.3 is 0 Å². The van der Waals surface area contributed by atoms with Gasteiger partial charge in [0, 0.05) is 30.5 Å². The van der Waals surface area contributed by atoms with Crippen LogP contribution in [0.1, 0.15) is 5.56 Å². The van der Waals surface area contributed by atoms with E-state index in [0.717, 1.165) is 16.7 Å². The number of anilines is 2. The van der Waals surface area contributed by atoms with Gasteiger partial charge < -0.3 is 9.88 Å². The Kier molecular flexibility index (Phi) is 2.52. The molecular formula is C15H15N3. The molecule has 0 unspecified atom stereocenters. The van der Waals surface area contributed by atoms with Crippen molar-refractivity contribution in [3.8, 4) is 0 Å². The largest absolute Gasteiger partial charge is 0.346 e. The highest BCUT2D eigenvalue weighted by molar-refractivity contribution is 5.91. The second-order valence-electron chi connectivity index (χ2n) is 4.47. The normalized spacial score (nSPS) is 10.8. The third-order valence-electron chi connectivity index (χ3n) is 3.19. The van der Waals surface area contributed by atoms with Gasteiger partial charge in [-0.05, 0) is 36.8 Å². The first-order valence-electron chi connectivity index (χ1n) is 5.98. The number of aromatic nitrogens is 2. The van der Waals surface area contributed by atoms with Crippen molar-refractivity contribution in [2.45, 2.75) is 6.92 Å². The minimum absolute atomic E-state index is 0.923. The van der Waals surface area contributed by atoms with Crippen molar-refractivity contribution in [3.05, 3.63) is 54.4 Å². The van der Waals surface area contributed by atoms with E-state index in [2.05, 4.69) is 59.2 Å². The summed E-state index contributed by atoms with van der Waals surface area (Å²) in [6.45, 7) is 2.11. The Bertz CT molecular complexity index is 685. The third-order valence-corrected chi connectivity index (χ3v) is 3.19. The lowest BCUT2D eigenvalue weighted by Crippen LogP contribution is -2.09. The highest BCUT2D eigenvalue weighted by Crippen LogP contribution is 2.29. The van der Waals surface area contributed by atoms with E-state index in [0.29, 0.717) is 0 Å². The van der Waals surface area contributed by atoms with Crippen LogP contribution in [0, 0.1) is 6.92 Å². The Hall–Kier alpha value is -2.29. The lowest BCUT2D eigenvalue weighted by atomic mass is 10.2. The number of hydrogen-bond acceptors (Lipinski definition) is 2. The molecule has 0 saturated heterocycles. The molecule has 18 heavy (non-hydrogen) atoms. The Morgan fingerprint density at radius 1 is 1.17 bits per heavy atom. The zero-order chi connectivity index (χ0) is 12.5. The van der Waals surface area contributed by atoms with Crippen LogP contribution in [0.5, 0.6) is 0 Å². The van der Waals surface area contributed by atoms with Gasteiger partial charge in [0.25, 0.3) is 0 Å². The number of nitrogens with one attached hydrogen (secondary N) is 1. The van der Waals surface area contributed by atoms with Crippen LogP contribution in [0.15, 0.2) is 48.8 Å². The number of H-pyrrole nitrogens is 1. The molecule has 1 N–H and O–H groups in total. The number of aromatic amines is 1. The molecule has 3 aromatic rings. The van der Waals surface area contributed by atoms with Crippen LogP contribution in [0.4, 0.5) is 11.4 Å². The Morgan fingerprint density at radius 2 is 2.06 bits per heavy atom. The van der Waals surface area contributed by atoms with Gasteiger partial charge in [-0.15, -0.1) is 0 Å². The van der Waals surface area contributed by atoms with Gasteiger partial charge in [0.05, 0.1) is 5.69 Å². The number of benzene rings is 1. The molecule has 0 fully saturated rings. The quantitative estimate of drug-likeness (QED) is 0.738. The maximum absolute atomic E-state index is 4.31. The summed E-state index contributed by atoms with van der Waals surface area (Å²) in [6.07, 6.45) is 3.76. The molecule has 0 radical (unpaired) electrons. The Balaban J connectivity index is 2.12. The summed E-state index contributed by atoms with van der Waals surface area (Å²) in [5, 5.41) is 1.14. The average molecular weight is 237 g/mol. The fourth-order valence-corrected chi connectivity index (χ4v) is 2.21. The number of aryl methyl sites for hydroxylation is 1. The van der Waals surface area contributed by atoms with E-state index in [1.165, 1.54) is 11.3 Å². The first kappa shape index (κ1) is 10.8. The van der Waals surface area contributed by atoms with Crippen LogP contribution in [-0.2, 0) is 0 Å². The van der Waals surface area contributed by atoms with Gasteiger partial charge in [0.15, 0.2) is 0 Å². The molecule has 0 amide bonds. The highest BCUT2D eigenvalue weighted by atomic mass is 15.1. The van der Waals surface area contributed by atoms with E-state index in [4.69, 9.17) is 0 Å². The fraction of sp³-hybridized carbons (Fsp3) is 0.133. The summed E-state index contributed by atoms with van der Waals surface area (Å²) in [6, 6.07) is 12.6. The first-order valence-corrected chi connectivity index (χ1v) is 5.98. The number of hydrogen-bond donors (Lipinski definition) is 1. The summed E-state index contributed by atoms with van der Waals surface area (Å²) >= 11 is 0. The lowest BCUT2D eigenvalue weighted by Gasteiger charge is -2.20. The molecule has 2 aromatic heterocycles. The second kappa shape index (κ2) is 4.18. The number of pyridine rings is 1. The molecule has 0 aliphatic heterocycles. The van der Waals surface area contributed by atoms with Crippen molar-refractivity contribution >= 4 is 22.4 Å². The van der Waals surface area contributed by atoms with Crippen LogP contribution >= 0.6 is 0 Å². The van der Waals surface area contributed by atoms with Gasteiger partial charge in [-0.3, -0.25) is 0 Å². The first-order chi connectivity index (χ1) is 8.75. The van der Waals surface area contributed by atoms with Crippen molar-refractivity contribution in [1.82, 2.24) is 9.97 Å². The lowest BCUT2D eigenvalue weighted by molar-refractivity contribution is 1.20. The summed E-state index contributed by atoms with van der Waals surface area (Å²) in [7, 11) is 2.08. The molecule has 3 heteroatoms. The zero-order valence-electron chi connectivity index (χ0n) is 10.5. The highest BCUT2D eigenvalue weighted by Gasteiger charge is 2.09. The van der Waals surface area contributed by atoms with Crippen molar-refractivity contribution in [2.24, 2.45) is 0 Å². The fourth-order valence-electron chi connectivity index (χ4n) is 2.21. The molecule has 0 aliphatic rings. The average Bonchev–Trinajstić information content (AvgIpc) is 2.86. The molecule has 0 saturated carbocycles. The van der Waals surface area contributed by atoms with E-state index in [9.17, 15) is 0 Å². The molecule has 0 atom stereocenters. The maximum atomic E-state index is 4.31. The van der Waals surface area contributed by atoms with Gasteiger partial charge in [-0.25, -0.2) is 4.98 Å². The third kappa shape index (κ3) is 1.74. The predicted molar refractivity (Wildman–Crippen MR) is 75.3 cm³/mol. The van der Waals surface area contributed by atoms with Crippen LogP contribution in [0.25, 0.3) is 11.0 Å². The second-order valence-corrected chi connectivity index (χ2v) is 4.47. The topological polar surface area (TPSA) is 31.9 Å². The standard InChI is InChI=1S/C15H15N3/c1-11-4-3-5-12(10-11)18(2)14-7-9-17-15-13(14)6-8-16-15/h3-10H,1-2H3,(H,16,17). The van der Waals surface area contributed by atoms with Crippen LogP contribution in [0.3, 0.4) is 0 Å². The molecule has 1 aromatic carbocycles. The van der Waals surface area contributed by atoms with Crippen molar-refractivity contribution in [2.75, 3.05) is 11.9 Å². The van der Waals surface area contributed by atoms with Crippen LogP contribution < -0.4 is 4.90 Å². The number of fused-ring (bicyclic) bond motifs is 1. The molecular weight excluding hydrogens is 222 g/mol. The predicted octanol–water partition coefficient (Wildman–Crippen LogP) is 3.64. The Morgan fingerprint density at radius 3 is 2.89 bits per heavy atom. The van der Waals surface area contributed by atoms with E-state index < -0.39 is 0 Å². The molecule has 3 rings (SSSR count). The van der Waals surface area contributed by atoms with E-state index in [-0.39, 0.29) is 0 Å². The molecule has 90 valence electrons. The van der Waals surface area contributed by atoms with Gasteiger partial charge in [0.2, 0.25) is 0 Å². The van der Waals surface area contributed by atoms with Gasteiger partial charge in [0.1, 0.15) is 5.65 Å². The van der Waals surface area contributed by atoms with Crippen molar-refractivity contribution in [3.63, 3.8) is 0 Å². The van der Waals surface area contributed by atoms with Crippen LogP contribution in [-0.4, -0.2) is 17.0 Å². The molecule has 0 aliphatic carbocycles. The summed E-state index contributed by atoms with van der Waals surface area (Å²) in [5.41, 5.74) is 4.53. The number of nitrogens with zero attached hydrogens (tertiary/aromatic N) is 2. The molecule has 0 bridgehead atoms. The van der Waals surface area contributed by atoms with Crippen LogP contribution in [0.2, 0.25) is 0 Å². The molecule has 0 spiro atoms. The zero-order valence-corrected chi connectivity index (χ0v) is 10.5. The van der Waals surface area contributed by atoms with Crippen molar-refractivity contribution in [1.29, 1.82) is 0 Å². The summed E-state index contributed by atoms with van der Waals surface area (Å²) in [5.74, 6) is 0. The minimum atomic E-state index is 0.923. The van der Waals surface area contributed by atoms with E-state index >= 15 is 0 Å². The van der Waals surface area contributed by atoms with Gasteiger partial charge in [-0.1, -0.05) is 12.1 Å². The summed E-state index contributed by atoms with van der Waals surface area (Å²) < 4.78 is 0. The SMILES string of the molecule is Cc1cccc(N(C)c2ccnc3[nH]ccc23)c1. The minimum Gasteiger partial charge on any atom is -0.346 e. The maximum Gasteiger partial charge on any atom is 0.139 e. The molecule has 3 nitrogen and oxygen atoms in total. The summed E-state index contributed by atoms with van der Waals surface area (Å²) in [4.78, 5) is 9.64. The number of rotatable bonds is 2.